The molecule has 3 aromatic rings. The number of anilines is 1. The van der Waals surface area contributed by atoms with Gasteiger partial charge in [-0.15, -0.1) is 0 Å². The summed E-state index contributed by atoms with van der Waals surface area (Å²) in [6, 6.07) is 22.3. The highest BCUT2D eigenvalue weighted by molar-refractivity contribution is 6.33. The Labute approximate surface area is 163 Å². The van der Waals surface area contributed by atoms with Crippen LogP contribution in [0.2, 0.25) is 5.02 Å². The number of halogens is 1. The predicted molar refractivity (Wildman–Crippen MR) is 107 cm³/mol. The maximum atomic E-state index is 12.6. The summed E-state index contributed by atoms with van der Waals surface area (Å²) >= 11 is 6.11. The van der Waals surface area contributed by atoms with Crippen LogP contribution < -0.4 is 10.1 Å². The number of benzene rings is 3. The molecule has 3 aromatic carbocycles. The van der Waals surface area contributed by atoms with E-state index >= 15 is 0 Å². The van der Waals surface area contributed by atoms with Gasteiger partial charge < -0.3 is 14.8 Å². The monoisotopic (exact) mass is 381 g/mol. The Hall–Kier alpha value is -2.82. The molecule has 138 valence electrons. The lowest BCUT2D eigenvalue weighted by Gasteiger charge is -2.12. The van der Waals surface area contributed by atoms with E-state index in [0.717, 1.165) is 11.1 Å². The van der Waals surface area contributed by atoms with E-state index in [4.69, 9.17) is 21.1 Å². The molecule has 1 N–H and O–H groups in total. The van der Waals surface area contributed by atoms with Crippen LogP contribution in [0.15, 0.2) is 72.8 Å². The molecule has 0 aromatic heterocycles. The molecule has 0 aliphatic carbocycles. The minimum Gasteiger partial charge on any atom is -0.496 e. The van der Waals surface area contributed by atoms with Gasteiger partial charge in [-0.1, -0.05) is 54.1 Å². The first kappa shape index (κ1) is 19.0. The van der Waals surface area contributed by atoms with Gasteiger partial charge in [-0.3, -0.25) is 4.79 Å². The molecule has 0 saturated carbocycles. The highest BCUT2D eigenvalue weighted by atomic mass is 35.5. The largest absolute Gasteiger partial charge is 0.496 e. The minimum absolute atomic E-state index is 0.241. The molecule has 1 amide bonds. The lowest BCUT2D eigenvalue weighted by atomic mass is 10.1. The molecule has 4 nitrogen and oxygen atoms in total. The Bertz CT molecular complexity index is 912. The van der Waals surface area contributed by atoms with Crippen molar-refractivity contribution in [3.63, 3.8) is 0 Å². The van der Waals surface area contributed by atoms with Gasteiger partial charge in [0.05, 0.1) is 31.0 Å². The molecule has 0 bridgehead atoms. The Morgan fingerprint density at radius 2 is 1.70 bits per heavy atom. The molecular formula is C22H20ClNO3. The van der Waals surface area contributed by atoms with Crippen LogP contribution >= 0.6 is 11.6 Å². The minimum atomic E-state index is -0.241. The van der Waals surface area contributed by atoms with Crippen LogP contribution in [-0.4, -0.2) is 13.0 Å². The second-order valence-electron chi connectivity index (χ2n) is 5.94. The Morgan fingerprint density at radius 3 is 2.44 bits per heavy atom. The second-order valence-corrected chi connectivity index (χ2v) is 6.35. The molecule has 0 spiro atoms. The van der Waals surface area contributed by atoms with Crippen LogP contribution in [0.25, 0.3) is 0 Å². The Balaban J connectivity index is 1.70. The molecule has 0 radical (unpaired) electrons. The number of amides is 1. The van der Waals surface area contributed by atoms with Crippen LogP contribution in [-0.2, 0) is 18.0 Å². The third kappa shape index (κ3) is 5.09. The van der Waals surface area contributed by atoms with Gasteiger partial charge in [0.1, 0.15) is 5.75 Å². The van der Waals surface area contributed by atoms with Crippen LogP contribution in [0.5, 0.6) is 5.75 Å². The molecule has 3 rings (SSSR count). The molecule has 0 unspecified atom stereocenters. The highest BCUT2D eigenvalue weighted by Crippen LogP contribution is 2.24. The first-order valence-electron chi connectivity index (χ1n) is 8.52. The molecular weight excluding hydrogens is 362 g/mol. The van der Waals surface area contributed by atoms with E-state index < -0.39 is 0 Å². The highest BCUT2D eigenvalue weighted by Gasteiger charge is 2.12. The van der Waals surface area contributed by atoms with E-state index in [1.165, 1.54) is 0 Å². The maximum Gasteiger partial charge on any atom is 0.255 e. The SMILES string of the molecule is COc1ccc(C(=O)Nc2ccccc2Cl)cc1COCc1ccccc1. The van der Waals surface area contributed by atoms with Gasteiger partial charge in [-0.05, 0) is 35.9 Å². The Kier molecular flexibility index (Phi) is 6.47. The average Bonchev–Trinajstić information content (AvgIpc) is 2.70. The topological polar surface area (TPSA) is 47.6 Å². The predicted octanol–water partition coefficient (Wildman–Crippen LogP) is 5.32. The number of carbonyl (C=O) groups excluding carboxylic acids is 1. The number of ether oxygens (including phenoxy) is 2. The molecule has 0 aliphatic heterocycles. The molecule has 0 aliphatic rings. The summed E-state index contributed by atoms with van der Waals surface area (Å²) in [4.78, 5) is 12.6. The van der Waals surface area contributed by atoms with Crippen molar-refractivity contribution in [1.29, 1.82) is 0 Å². The van der Waals surface area contributed by atoms with E-state index in [2.05, 4.69) is 5.32 Å². The van der Waals surface area contributed by atoms with E-state index in [1.807, 2.05) is 42.5 Å². The summed E-state index contributed by atoms with van der Waals surface area (Å²) in [6.07, 6.45) is 0. The number of nitrogens with one attached hydrogen (secondary N) is 1. The van der Waals surface area contributed by atoms with Crippen molar-refractivity contribution in [2.24, 2.45) is 0 Å². The van der Waals surface area contributed by atoms with Crippen LogP contribution in [0.3, 0.4) is 0 Å². The molecule has 0 heterocycles. The summed E-state index contributed by atoms with van der Waals surface area (Å²) in [5.41, 5.74) is 2.97. The molecule has 0 saturated heterocycles. The molecule has 0 atom stereocenters. The summed E-state index contributed by atoms with van der Waals surface area (Å²) in [7, 11) is 1.60. The fourth-order valence-corrected chi connectivity index (χ4v) is 2.83. The zero-order valence-electron chi connectivity index (χ0n) is 14.9. The fraction of sp³-hybridized carbons (Fsp3) is 0.136. The summed E-state index contributed by atoms with van der Waals surface area (Å²) in [5.74, 6) is 0.437. The van der Waals surface area contributed by atoms with Gasteiger partial charge in [0, 0.05) is 11.1 Å². The Morgan fingerprint density at radius 1 is 0.963 bits per heavy atom. The van der Waals surface area contributed by atoms with Gasteiger partial charge >= 0.3 is 0 Å². The van der Waals surface area contributed by atoms with Gasteiger partial charge in [0.25, 0.3) is 5.91 Å². The van der Waals surface area contributed by atoms with Gasteiger partial charge in [0.2, 0.25) is 0 Å². The number of para-hydroxylation sites is 1. The van der Waals surface area contributed by atoms with Crippen molar-refractivity contribution in [3.8, 4) is 5.75 Å². The number of methoxy groups -OCH3 is 1. The van der Waals surface area contributed by atoms with Crippen molar-refractivity contribution in [3.05, 3.63) is 94.5 Å². The van der Waals surface area contributed by atoms with E-state index in [0.29, 0.717) is 35.2 Å². The summed E-state index contributed by atoms with van der Waals surface area (Å²) in [5, 5.41) is 3.31. The second kappa shape index (κ2) is 9.21. The zero-order chi connectivity index (χ0) is 19.1. The standard InChI is InChI=1S/C22H20ClNO3/c1-26-21-12-11-17(22(25)24-20-10-6-5-9-19(20)23)13-18(21)15-27-14-16-7-3-2-4-8-16/h2-13H,14-15H2,1H3,(H,24,25). The summed E-state index contributed by atoms with van der Waals surface area (Å²) in [6.45, 7) is 0.825. The zero-order valence-corrected chi connectivity index (χ0v) is 15.7. The van der Waals surface area contributed by atoms with Crippen molar-refractivity contribution in [2.75, 3.05) is 12.4 Å². The third-order valence-electron chi connectivity index (χ3n) is 4.03. The maximum absolute atomic E-state index is 12.6. The van der Waals surface area contributed by atoms with E-state index in [-0.39, 0.29) is 5.91 Å². The van der Waals surface area contributed by atoms with Crippen molar-refractivity contribution >= 4 is 23.2 Å². The van der Waals surface area contributed by atoms with Gasteiger partial charge in [-0.2, -0.15) is 0 Å². The van der Waals surface area contributed by atoms with Crippen molar-refractivity contribution < 1.29 is 14.3 Å². The van der Waals surface area contributed by atoms with Crippen molar-refractivity contribution in [2.45, 2.75) is 13.2 Å². The van der Waals surface area contributed by atoms with Crippen LogP contribution in [0.4, 0.5) is 5.69 Å². The normalized spacial score (nSPS) is 10.4. The number of hydrogen-bond acceptors (Lipinski definition) is 3. The number of carbonyl (C=O) groups is 1. The van der Waals surface area contributed by atoms with Gasteiger partial charge in [-0.25, -0.2) is 0 Å². The molecule has 5 heteroatoms. The van der Waals surface area contributed by atoms with Crippen LogP contribution in [0.1, 0.15) is 21.5 Å². The summed E-state index contributed by atoms with van der Waals surface area (Å²) < 4.78 is 11.2. The van der Waals surface area contributed by atoms with Crippen molar-refractivity contribution in [1.82, 2.24) is 0 Å². The quantitative estimate of drug-likeness (QED) is 0.602. The lowest BCUT2D eigenvalue weighted by molar-refractivity contribution is 0.102. The fourth-order valence-electron chi connectivity index (χ4n) is 2.64. The van der Waals surface area contributed by atoms with E-state index in [1.54, 1.807) is 37.4 Å². The number of hydrogen-bond donors (Lipinski definition) is 1. The smallest absolute Gasteiger partial charge is 0.255 e. The van der Waals surface area contributed by atoms with E-state index in [9.17, 15) is 4.79 Å². The third-order valence-corrected chi connectivity index (χ3v) is 4.36. The van der Waals surface area contributed by atoms with Crippen LogP contribution in [0, 0.1) is 0 Å². The first-order valence-corrected chi connectivity index (χ1v) is 8.89. The molecule has 27 heavy (non-hydrogen) atoms. The first-order chi connectivity index (χ1) is 13.2. The average molecular weight is 382 g/mol. The molecule has 0 fully saturated rings. The number of rotatable bonds is 7. The van der Waals surface area contributed by atoms with Gasteiger partial charge in [0.15, 0.2) is 0 Å². The lowest BCUT2D eigenvalue weighted by Crippen LogP contribution is -2.13.